The number of nitrogens with one attached hydrogen (secondary N) is 1. The number of aromatic nitrogens is 2. The van der Waals surface area contributed by atoms with Gasteiger partial charge < -0.3 is 4.98 Å². The summed E-state index contributed by atoms with van der Waals surface area (Å²) >= 11 is 1.72. The molecule has 0 saturated heterocycles. The smallest absolute Gasteiger partial charge is 0.110 e. The Bertz CT molecular complexity index is 457. The van der Waals surface area contributed by atoms with Gasteiger partial charge in [0.2, 0.25) is 0 Å². The molecule has 1 unspecified atom stereocenters. The molecular weight excluding hydrogens is 264 g/mol. The second-order valence-corrected chi connectivity index (χ2v) is 6.70. The number of hydrogen-bond donors (Lipinski definition) is 1. The first-order chi connectivity index (χ1) is 9.81. The maximum Gasteiger partial charge on any atom is 0.110 e. The summed E-state index contributed by atoms with van der Waals surface area (Å²) in [6.45, 7) is 4.57. The first kappa shape index (κ1) is 15.6. The summed E-state index contributed by atoms with van der Waals surface area (Å²) < 4.78 is 0. The zero-order chi connectivity index (χ0) is 14.2. The largest absolute Gasteiger partial charge is 0.341 e. The zero-order valence-corrected chi connectivity index (χ0v) is 13.8. The molecule has 0 radical (unpaired) electrons. The molecule has 0 spiro atoms. The van der Waals surface area contributed by atoms with E-state index in [-0.39, 0.29) is 0 Å². The van der Waals surface area contributed by atoms with Crippen LogP contribution in [0, 0.1) is 0 Å². The Morgan fingerprint density at radius 3 is 2.45 bits per heavy atom. The van der Waals surface area contributed by atoms with Gasteiger partial charge in [0.25, 0.3) is 0 Å². The maximum atomic E-state index is 4.68. The Kier molecular flexibility index (Phi) is 6.58. The molecule has 1 N–H and O–H groups in total. The van der Waals surface area contributed by atoms with Crippen molar-refractivity contribution in [3.05, 3.63) is 16.6 Å². The number of H-pyrrole nitrogens is 1. The van der Waals surface area contributed by atoms with Gasteiger partial charge in [0, 0.05) is 16.7 Å². The third-order valence-corrected chi connectivity index (χ3v) is 4.83. The predicted octanol–water partition coefficient (Wildman–Crippen LogP) is 6.26. The molecule has 0 amide bonds. The van der Waals surface area contributed by atoms with E-state index in [9.17, 15) is 0 Å². The second kappa shape index (κ2) is 8.46. The van der Waals surface area contributed by atoms with E-state index in [0.29, 0.717) is 5.92 Å². The Balaban J connectivity index is 1.58. The number of fused-ring (bicyclic) bond motifs is 1. The first-order valence-electron chi connectivity index (χ1n) is 8.23. The third kappa shape index (κ3) is 4.62. The standard InChI is InChI=1S/C17H28N2S/c1-3-4-5-6-7-8-9-10-11-14(2)17-18-15-12-20-13-16(15)19-17/h12-14H,3-11H2,1-2H3,(H,18,19). The molecule has 0 aliphatic rings. The highest BCUT2D eigenvalue weighted by molar-refractivity contribution is 7.09. The van der Waals surface area contributed by atoms with Crippen LogP contribution in [0.3, 0.4) is 0 Å². The predicted molar refractivity (Wildman–Crippen MR) is 89.6 cm³/mol. The van der Waals surface area contributed by atoms with Gasteiger partial charge in [-0.2, -0.15) is 0 Å². The number of nitrogens with zero attached hydrogens (tertiary/aromatic N) is 1. The van der Waals surface area contributed by atoms with Gasteiger partial charge in [-0.05, 0) is 6.42 Å². The average molecular weight is 292 g/mol. The quantitative estimate of drug-likeness (QED) is 0.514. The van der Waals surface area contributed by atoms with Gasteiger partial charge >= 0.3 is 0 Å². The highest BCUT2D eigenvalue weighted by Crippen LogP contribution is 2.24. The molecule has 2 aromatic rings. The molecule has 1 atom stereocenters. The van der Waals surface area contributed by atoms with Crippen molar-refractivity contribution in [2.45, 2.75) is 77.6 Å². The van der Waals surface area contributed by atoms with Crippen LogP contribution in [0.15, 0.2) is 10.8 Å². The van der Waals surface area contributed by atoms with Crippen molar-refractivity contribution < 1.29 is 0 Å². The minimum absolute atomic E-state index is 0.562. The van der Waals surface area contributed by atoms with Crippen molar-refractivity contribution in [2.75, 3.05) is 0 Å². The van der Waals surface area contributed by atoms with Crippen LogP contribution >= 0.6 is 11.3 Å². The van der Waals surface area contributed by atoms with Crippen molar-refractivity contribution in [3.8, 4) is 0 Å². The van der Waals surface area contributed by atoms with E-state index in [2.05, 4.69) is 34.6 Å². The van der Waals surface area contributed by atoms with E-state index >= 15 is 0 Å². The number of thiophene rings is 1. The number of aromatic amines is 1. The fourth-order valence-electron chi connectivity index (χ4n) is 2.72. The maximum absolute atomic E-state index is 4.68. The summed E-state index contributed by atoms with van der Waals surface area (Å²) in [5.74, 6) is 1.73. The van der Waals surface area contributed by atoms with E-state index in [1.165, 1.54) is 69.1 Å². The van der Waals surface area contributed by atoms with Crippen LogP contribution in [0.4, 0.5) is 0 Å². The SMILES string of the molecule is CCCCCCCCCCC(C)c1nc2cscc2[nH]1. The van der Waals surface area contributed by atoms with Crippen molar-refractivity contribution in [1.82, 2.24) is 9.97 Å². The molecule has 0 aliphatic carbocycles. The van der Waals surface area contributed by atoms with Crippen molar-refractivity contribution in [2.24, 2.45) is 0 Å². The highest BCUT2D eigenvalue weighted by atomic mass is 32.1. The summed E-state index contributed by atoms with van der Waals surface area (Å²) in [6.07, 6.45) is 12.4. The van der Waals surface area contributed by atoms with Crippen LogP contribution in [-0.2, 0) is 0 Å². The van der Waals surface area contributed by atoms with Crippen LogP contribution in [0.1, 0.15) is 83.4 Å². The van der Waals surface area contributed by atoms with Crippen molar-refractivity contribution >= 4 is 22.4 Å². The van der Waals surface area contributed by atoms with Gasteiger partial charge in [-0.15, -0.1) is 11.3 Å². The van der Waals surface area contributed by atoms with Gasteiger partial charge in [0.05, 0.1) is 11.0 Å². The number of imidazole rings is 1. The molecule has 0 fully saturated rings. The molecule has 2 rings (SSSR count). The molecule has 0 bridgehead atoms. The van der Waals surface area contributed by atoms with Gasteiger partial charge in [-0.3, -0.25) is 0 Å². The Morgan fingerprint density at radius 2 is 1.75 bits per heavy atom. The van der Waals surface area contributed by atoms with E-state index in [4.69, 9.17) is 0 Å². The van der Waals surface area contributed by atoms with Gasteiger partial charge in [-0.1, -0.05) is 65.2 Å². The zero-order valence-electron chi connectivity index (χ0n) is 13.0. The van der Waals surface area contributed by atoms with Crippen LogP contribution in [-0.4, -0.2) is 9.97 Å². The fourth-order valence-corrected chi connectivity index (χ4v) is 3.41. The van der Waals surface area contributed by atoms with E-state index in [1.54, 1.807) is 11.3 Å². The van der Waals surface area contributed by atoms with Crippen LogP contribution in [0.2, 0.25) is 0 Å². The van der Waals surface area contributed by atoms with Gasteiger partial charge in [-0.25, -0.2) is 4.98 Å². The van der Waals surface area contributed by atoms with Crippen LogP contribution in [0.25, 0.3) is 11.0 Å². The molecule has 0 aromatic carbocycles. The number of hydrogen-bond acceptors (Lipinski definition) is 2. The molecular formula is C17H28N2S. The summed E-state index contributed by atoms with van der Waals surface area (Å²) in [4.78, 5) is 8.13. The van der Waals surface area contributed by atoms with E-state index in [1.807, 2.05) is 0 Å². The Hall–Kier alpha value is -0.830. The number of rotatable bonds is 10. The normalized spacial score (nSPS) is 13.1. The Morgan fingerprint density at radius 1 is 1.05 bits per heavy atom. The average Bonchev–Trinajstić information content (AvgIpc) is 3.02. The lowest BCUT2D eigenvalue weighted by molar-refractivity contribution is 0.536. The first-order valence-corrected chi connectivity index (χ1v) is 9.17. The molecule has 2 heterocycles. The lowest BCUT2D eigenvalue weighted by atomic mass is 10.0. The fraction of sp³-hybridized carbons (Fsp3) is 0.706. The highest BCUT2D eigenvalue weighted by Gasteiger charge is 2.10. The van der Waals surface area contributed by atoms with Crippen LogP contribution < -0.4 is 0 Å². The topological polar surface area (TPSA) is 28.7 Å². The minimum Gasteiger partial charge on any atom is -0.341 e. The molecule has 112 valence electrons. The van der Waals surface area contributed by atoms with Gasteiger partial charge in [0.15, 0.2) is 0 Å². The van der Waals surface area contributed by atoms with Crippen molar-refractivity contribution in [3.63, 3.8) is 0 Å². The monoisotopic (exact) mass is 292 g/mol. The molecule has 20 heavy (non-hydrogen) atoms. The summed E-state index contributed by atoms with van der Waals surface area (Å²) in [5.41, 5.74) is 2.33. The minimum atomic E-state index is 0.562. The summed E-state index contributed by atoms with van der Waals surface area (Å²) in [5, 5.41) is 4.27. The molecule has 2 aromatic heterocycles. The third-order valence-electron chi connectivity index (χ3n) is 4.10. The molecule has 3 heteroatoms. The second-order valence-electron chi connectivity index (χ2n) is 5.96. The number of unbranched alkanes of at least 4 members (excludes halogenated alkanes) is 7. The lowest BCUT2D eigenvalue weighted by Gasteiger charge is -2.08. The van der Waals surface area contributed by atoms with Crippen LogP contribution in [0.5, 0.6) is 0 Å². The van der Waals surface area contributed by atoms with Gasteiger partial charge in [0.1, 0.15) is 5.82 Å². The summed E-state index contributed by atoms with van der Waals surface area (Å²) in [7, 11) is 0. The van der Waals surface area contributed by atoms with Crippen molar-refractivity contribution in [1.29, 1.82) is 0 Å². The Labute approximate surface area is 127 Å². The summed E-state index contributed by atoms with van der Waals surface area (Å²) in [6, 6.07) is 0. The van der Waals surface area contributed by atoms with E-state index in [0.717, 1.165) is 5.52 Å². The molecule has 0 saturated carbocycles. The molecule has 2 nitrogen and oxygen atoms in total. The van der Waals surface area contributed by atoms with E-state index < -0.39 is 0 Å². The lowest BCUT2D eigenvalue weighted by Crippen LogP contribution is -1.96. The molecule has 0 aliphatic heterocycles.